The molecule has 0 saturated carbocycles. The van der Waals surface area contributed by atoms with E-state index in [1.807, 2.05) is 19.1 Å². The van der Waals surface area contributed by atoms with Crippen LogP contribution in [-0.4, -0.2) is 24.0 Å². The van der Waals surface area contributed by atoms with Crippen LogP contribution in [0.2, 0.25) is 0 Å². The molecule has 0 radical (unpaired) electrons. The van der Waals surface area contributed by atoms with E-state index < -0.39 is 17.8 Å². The van der Waals surface area contributed by atoms with Crippen molar-refractivity contribution in [2.75, 3.05) is 7.05 Å². The third-order valence-electron chi connectivity index (χ3n) is 3.41. The van der Waals surface area contributed by atoms with Crippen molar-refractivity contribution < 1.29 is 22.7 Å². The molecule has 1 aromatic heterocycles. The highest BCUT2D eigenvalue weighted by Gasteiger charge is 2.35. The summed E-state index contributed by atoms with van der Waals surface area (Å²) in [4.78, 5) is 15.9. The van der Waals surface area contributed by atoms with Crippen molar-refractivity contribution in [3.63, 3.8) is 0 Å². The second kappa shape index (κ2) is 7.25. The van der Waals surface area contributed by atoms with Gasteiger partial charge in [0, 0.05) is 16.8 Å². The van der Waals surface area contributed by atoms with E-state index in [-0.39, 0.29) is 11.7 Å². The average Bonchev–Trinajstić information content (AvgIpc) is 2.90. The zero-order valence-corrected chi connectivity index (χ0v) is 14.4. The fourth-order valence-electron chi connectivity index (χ4n) is 2.24. The van der Waals surface area contributed by atoms with Gasteiger partial charge in [-0.1, -0.05) is 12.1 Å². The van der Waals surface area contributed by atoms with Crippen LogP contribution in [0.3, 0.4) is 0 Å². The lowest BCUT2D eigenvalue weighted by atomic mass is 10.2. The first kappa shape index (κ1) is 18.3. The zero-order chi connectivity index (χ0) is 17.9. The molecule has 0 aliphatic carbocycles. The monoisotopic (exact) mass is 357 g/mol. The highest BCUT2D eigenvalue weighted by atomic mass is 32.1. The van der Waals surface area contributed by atoms with Crippen molar-refractivity contribution in [3.05, 3.63) is 51.7 Å². The number of halogens is 3. The lowest BCUT2D eigenvalue weighted by Gasteiger charge is -2.23. The summed E-state index contributed by atoms with van der Waals surface area (Å²) in [5.41, 5.74) is -0.888. The number of likely N-dealkylation sites (N-methyl/N-ethyl adjacent to an activating group) is 1. The summed E-state index contributed by atoms with van der Waals surface area (Å²) in [6, 6.07) is 8.76. The van der Waals surface area contributed by atoms with E-state index in [4.69, 9.17) is 4.74 Å². The van der Waals surface area contributed by atoms with Crippen LogP contribution in [0.15, 0.2) is 36.4 Å². The van der Waals surface area contributed by atoms with Crippen LogP contribution < -0.4 is 4.74 Å². The Bertz CT molecular complexity index is 712. The van der Waals surface area contributed by atoms with Crippen LogP contribution in [0, 0.1) is 6.92 Å². The van der Waals surface area contributed by atoms with Crippen LogP contribution in [0.4, 0.5) is 13.2 Å². The van der Waals surface area contributed by atoms with Gasteiger partial charge in [-0.15, -0.1) is 11.3 Å². The molecule has 0 N–H and O–H groups in total. The summed E-state index contributed by atoms with van der Waals surface area (Å²) in [7, 11) is 1.60. The molecule has 1 unspecified atom stereocenters. The molecule has 0 aliphatic heterocycles. The molecule has 1 heterocycles. The standard InChI is InChI=1S/C17H18F3NO2S/c1-11-8-9-13(24-11)10-21(3)16(22)12(2)23-15-7-5-4-6-14(15)17(18,19)20/h4-9,12H,10H2,1-3H3. The largest absolute Gasteiger partial charge is 0.480 e. The van der Waals surface area contributed by atoms with Crippen LogP contribution in [0.5, 0.6) is 5.75 Å². The summed E-state index contributed by atoms with van der Waals surface area (Å²) in [6.45, 7) is 3.81. The van der Waals surface area contributed by atoms with Crippen LogP contribution in [-0.2, 0) is 17.5 Å². The number of ether oxygens (including phenoxy) is 1. The normalized spacial score (nSPS) is 12.8. The molecule has 0 spiro atoms. The first-order valence-corrected chi connectivity index (χ1v) is 8.13. The van der Waals surface area contributed by atoms with E-state index in [2.05, 4.69) is 0 Å². The maximum atomic E-state index is 13.0. The number of benzene rings is 1. The fourth-order valence-corrected chi connectivity index (χ4v) is 3.18. The maximum Gasteiger partial charge on any atom is 0.419 e. The molecule has 1 atom stereocenters. The van der Waals surface area contributed by atoms with Gasteiger partial charge in [0.05, 0.1) is 12.1 Å². The molecule has 0 aliphatic rings. The zero-order valence-electron chi connectivity index (χ0n) is 13.6. The average molecular weight is 357 g/mol. The molecule has 130 valence electrons. The third-order valence-corrected chi connectivity index (χ3v) is 4.39. The van der Waals surface area contributed by atoms with Crippen molar-refractivity contribution in [2.45, 2.75) is 32.7 Å². The fraction of sp³-hybridized carbons (Fsp3) is 0.353. The van der Waals surface area contributed by atoms with Gasteiger partial charge >= 0.3 is 6.18 Å². The lowest BCUT2D eigenvalue weighted by Crippen LogP contribution is -2.37. The van der Waals surface area contributed by atoms with Crippen molar-refractivity contribution in [3.8, 4) is 5.75 Å². The Morgan fingerprint density at radius 1 is 1.25 bits per heavy atom. The van der Waals surface area contributed by atoms with Gasteiger partial charge in [0.1, 0.15) is 5.75 Å². The molecule has 1 amide bonds. The second-order valence-electron chi connectivity index (χ2n) is 5.46. The maximum absolute atomic E-state index is 13.0. The Morgan fingerprint density at radius 3 is 2.50 bits per heavy atom. The molecule has 24 heavy (non-hydrogen) atoms. The molecule has 0 saturated heterocycles. The van der Waals surface area contributed by atoms with Crippen molar-refractivity contribution in [1.82, 2.24) is 4.90 Å². The first-order chi connectivity index (χ1) is 11.2. The Labute approximate surface area is 142 Å². The number of nitrogens with zero attached hydrogens (tertiary/aromatic N) is 1. The van der Waals surface area contributed by atoms with E-state index in [0.717, 1.165) is 15.8 Å². The van der Waals surface area contributed by atoms with Crippen molar-refractivity contribution in [2.24, 2.45) is 0 Å². The summed E-state index contributed by atoms with van der Waals surface area (Å²) in [6.07, 6.45) is -5.54. The van der Waals surface area contributed by atoms with Gasteiger partial charge in [-0.3, -0.25) is 4.79 Å². The highest BCUT2D eigenvalue weighted by Crippen LogP contribution is 2.36. The number of amides is 1. The topological polar surface area (TPSA) is 29.5 Å². The number of carbonyl (C=O) groups excluding carboxylic acids is 1. The van der Waals surface area contributed by atoms with Gasteiger partial charge in [-0.25, -0.2) is 0 Å². The molecular formula is C17H18F3NO2S. The van der Waals surface area contributed by atoms with Gasteiger partial charge in [0.15, 0.2) is 6.10 Å². The predicted octanol–water partition coefficient (Wildman–Crippen LogP) is 4.50. The van der Waals surface area contributed by atoms with E-state index >= 15 is 0 Å². The molecule has 2 aromatic rings. The molecule has 1 aromatic carbocycles. The van der Waals surface area contributed by atoms with Gasteiger partial charge in [0.2, 0.25) is 0 Å². The highest BCUT2D eigenvalue weighted by molar-refractivity contribution is 7.11. The Morgan fingerprint density at radius 2 is 1.92 bits per heavy atom. The Balaban J connectivity index is 2.06. The number of rotatable bonds is 5. The molecule has 7 heteroatoms. The smallest absolute Gasteiger partial charge is 0.419 e. The van der Waals surface area contributed by atoms with Gasteiger partial charge in [-0.2, -0.15) is 13.2 Å². The first-order valence-electron chi connectivity index (χ1n) is 7.31. The molecule has 0 fully saturated rings. The minimum Gasteiger partial charge on any atom is -0.480 e. The molecule has 2 rings (SSSR count). The summed E-state index contributed by atoms with van der Waals surface area (Å²) in [5.74, 6) is -0.718. The molecule has 0 bridgehead atoms. The Hall–Kier alpha value is -2.02. The number of para-hydroxylation sites is 1. The SMILES string of the molecule is Cc1ccc(CN(C)C(=O)C(C)Oc2ccccc2C(F)(F)F)s1. The van der Waals surface area contributed by atoms with E-state index in [1.54, 1.807) is 18.4 Å². The van der Waals surface area contributed by atoms with E-state index in [9.17, 15) is 18.0 Å². The van der Waals surface area contributed by atoms with Gasteiger partial charge in [0.25, 0.3) is 5.91 Å². The Kier molecular flexibility index (Phi) is 5.54. The number of alkyl halides is 3. The predicted molar refractivity (Wildman–Crippen MR) is 87.1 cm³/mol. The van der Waals surface area contributed by atoms with Crippen molar-refractivity contribution in [1.29, 1.82) is 0 Å². The number of thiophene rings is 1. The van der Waals surface area contributed by atoms with Gasteiger partial charge in [-0.05, 0) is 38.1 Å². The van der Waals surface area contributed by atoms with Crippen LogP contribution in [0.1, 0.15) is 22.2 Å². The van der Waals surface area contributed by atoms with Crippen LogP contribution >= 0.6 is 11.3 Å². The summed E-state index contributed by atoms with van der Waals surface area (Å²) >= 11 is 1.57. The number of hydrogen-bond donors (Lipinski definition) is 0. The lowest BCUT2D eigenvalue weighted by molar-refractivity contribution is -0.143. The minimum absolute atomic E-state index is 0.341. The molecule has 3 nitrogen and oxygen atoms in total. The quantitative estimate of drug-likeness (QED) is 0.788. The summed E-state index contributed by atoms with van der Waals surface area (Å²) in [5, 5.41) is 0. The van der Waals surface area contributed by atoms with Crippen molar-refractivity contribution >= 4 is 17.2 Å². The third kappa shape index (κ3) is 4.50. The number of hydrogen-bond acceptors (Lipinski definition) is 3. The second-order valence-corrected chi connectivity index (χ2v) is 6.83. The van der Waals surface area contributed by atoms with E-state index in [0.29, 0.717) is 6.54 Å². The minimum atomic E-state index is -4.53. The molecular weight excluding hydrogens is 339 g/mol. The summed E-state index contributed by atoms with van der Waals surface area (Å²) < 4.78 is 44.2. The van der Waals surface area contributed by atoms with Gasteiger partial charge < -0.3 is 9.64 Å². The number of carbonyl (C=O) groups is 1. The van der Waals surface area contributed by atoms with E-state index in [1.165, 1.54) is 30.0 Å². The van der Waals surface area contributed by atoms with Crippen LogP contribution in [0.25, 0.3) is 0 Å². The number of aryl methyl sites for hydroxylation is 1.